The summed E-state index contributed by atoms with van der Waals surface area (Å²) in [7, 11) is 0. The largest absolute Gasteiger partial charge is 0.489 e. The number of aliphatic carboxylic acids is 1. The second kappa shape index (κ2) is 7.54. The molecule has 0 amide bonds. The molecule has 0 spiro atoms. The Morgan fingerprint density at radius 3 is 2.68 bits per heavy atom. The molecule has 0 bridgehead atoms. The Labute approximate surface area is 146 Å². The van der Waals surface area contributed by atoms with Gasteiger partial charge in [0, 0.05) is 11.6 Å². The van der Waals surface area contributed by atoms with Crippen molar-refractivity contribution < 1.29 is 19.4 Å². The summed E-state index contributed by atoms with van der Waals surface area (Å²) < 4.78 is 11.3. The molecule has 2 aromatic rings. The molecule has 1 unspecified atom stereocenters. The van der Waals surface area contributed by atoms with Crippen LogP contribution in [0, 0.1) is 18.3 Å². The van der Waals surface area contributed by atoms with Crippen molar-refractivity contribution in [3.8, 4) is 17.6 Å². The molecular formula is C20H19NO4. The van der Waals surface area contributed by atoms with Gasteiger partial charge in [0.25, 0.3) is 0 Å². The van der Waals surface area contributed by atoms with Crippen molar-refractivity contribution >= 4 is 5.97 Å². The van der Waals surface area contributed by atoms with Crippen LogP contribution in [0.3, 0.4) is 0 Å². The molecule has 0 fully saturated rings. The molecule has 25 heavy (non-hydrogen) atoms. The van der Waals surface area contributed by atoms with Crippen molar-refractivity contribution in [1.82, 2.24) is 0 Å². The third-order valence-electron chi connectivity index (χ3n) is 3.82. The predicted octanol–water partition coefficient (Wildman–Crippen LogP) is 3.81. The molecule has 0 aliphatic heterocycles. The Kier molecular flexibility index (Phi) is 5.45. The van der Waals surface area contributed by atoms with E-state index in [0.717, 1.165) is 5.56 Å². The van der Waals surface area contributed by atoms with E-state index in [1.54, 1.807) is 24.3 Å². The van der Waals surface area contributed by atoms with Crippen LogP contribution in [0.15, 0.2) is 55.1 Å². The highest BCUT2D eigenvalue weighted by atomic mass is 16.5. The summed E-state index contributed by atoms with van der Waals surface area (Å²) in [5, 5.41) is 19.1. The molecule has 0 aromatic heterocycles. The summed E-state index contributed by atoms with van der Waals surface area (Å²) in [6.07, 6.45) is 1.59. The smallest absolute Gasteiger partial charge is 0.352 e. The molecule has 2 rings (SSSR count). The zero-order chi connectivity index (χ0) is 18.4. The number of nitriles is 1. The Morgan fingerprint density at radius 1 is 1.36 bits per heavy atom. The second-order valence-corrected chi connectivity index (χ2v) is 5.62. The van der Waals surface area contributed by atoms with Gasteiger partial charge in [0.05, 0.1) is 5.56 Å². The summed E-state index contributed by atoms with van der Waals surface area (Å²) in [5.41, 5.74) is -0.116. The molecule has 1 N–H and O–H groups in total. The number of hydrogen-bond donors (Lipinski definition) is 1. The summed E-state index contributed by atoms with van der Waals surface area (Å²) in [6.45, 7) is 7.15. The van der Waals surface area contributed by atoms with Gasteiger partial charge in [0.1, 0.15) is 24.2 Å². The minimum absolute atomic E-state index is 0.150. The highest BCUT2D eigenvalue weighted by Gasteiger charge is 2.39. The van der Waals surface area contributed by atoms with Crippen LogP contribution in [-0.2, 0) is 10.4 Å². The normalized spacial score (nSPS) is 12.5. The fourth-order valence-electron chi connectivity index (χ4n) is 2.47. The number of carbonyl (C=O) groups is 1. The molecule has 1 atom stereocenters. The lowest BCUT2D eigenvalue weighted by atomic mass is 9.91. The van der Waals surface area contributed by atoms with Gasteiger partial charge in [0.15, 0.2) is 0 Å². The average molecular weight is 337 g/mol. The minimum atomic E-state index is -1.64. The zero-order valence-electron chi connectivity index (χ0n) is 14.2. The standard InChI is InChI=1S/C20H19NO4/c1-4-11-24-16-10-9-15(13-21)18(12-16)25-20(3,19(22)23)17-8-6-5-7-14(17)2/h4-10,12H,1,11H2,2-3H3,(H,22,23). The van der Waals surface area contributed by atoms with Crippen LogP contribution in [-0.4, -0.2) is 17.7 Å². The Bertz CT molecular complexity index is 838. The van der Waals surface area contributed by atoms with Crippen molar-refractivity contribution in [2.45, 2.75) is 19.4 Å². The first-order valence-corrected chi connectivity index (χ1v) is 7.68. The summed E-state index contributed by atoms with van der Waals surface area (Å²) in [6, 6.07) is 13.8. The number of carboxylic acids is 1. The van der Waals surface area contributed by atoms with E-state index in [4.69, 9.17) is 9.47 Å². The zero-order valence-corrected chi connectivity index (χ0v) is 14.2. The Hall–Kier alpha value is -3.26. The molecule has 2 aromatic carbocycles. The lowest BCUT2D eigenvalue weighted by Crippen LogP contribution is -2.39. The first kappa shape index (κ1) is 18.1. The fraction of sp³-hybridized carbons (Fsp3) is 0.200. The van der Waals surface area contributed by atoms with Gasteiger partial charge in [-0.1, -0.05) is 36.9 Å². The van der Waals surface area contributed by atoms with Crippen molar-refractivity contribution in [3.63, 3.8) is 0 Å². The highest BCUT2D eigenvalue weighted by molar-refractivity contribution is 5.80. The van der Waals surface area contributed by atoms with Gasteiger partial charge in [-0.25, -0.2) is 4.79 Å². The molecule has 0 heterocycles. The maximum absolute atomic E-state index is 12.0. The van der Waals surface area contributed by atoms with Crippen molar-refractivity contribution in [2.75, 3.05) is 6.61 Å². The second-order valence-electron chi connectivity index (χ2n) is 5.62. The molecule has 0 saturated heterocycles. The van der Waals surface area contributed by atoms with E-state index in [-0.39, 0.29) is 11.3 Å². The van der Waals surface area contributed by atoms with Crippen LogP contribution < -0.4 is 9.47 Å². The maximum Gasteiger partial charge on any atom is 0.352 e. The quantitative estimate of drug-likeness (QED) is 0.777. The molecule has 0 radical (unpaired) electrons. The van der Waals surface area contributed by atoms with Crippen molar-refractivity contribution in [1.29, 1.82) is 5.26 Å². The SMILES string of the molecule is C=CCOc1ccc(C#N)c(OC(C)(C(=O)O)c2ccccc2C)c1. The Balaban J connectivity index is 2.50. The van der Waals surface area contributed by atoms with Crippen LogP contribution in [0.5, 0.6) is 11.5 Å². The molecule has 0 aliphatic rings. The van der Waals surface area contributed by atoms with E-state index >= 15 is 0 Å². The first-order valence-electron chi connectivity index (χ1n) is 7.68. The van der Waals surface area contributed by atoms with Crippen LogP contribution in [0.25, 0.3) is 0 Å². The number of hydrogen-bond acceptors (Lipinski definition) is 4. The van der Waals surface area contributed by atoms with E-state index in [1.165, 1.54) is 19.1 Å². The number of rotatable bonds is 7. The fourth-order valence-corrected chi connectivity index (χ4v) is 2.47. The molecule has 128 valence electrons. The van der Waals surface area contributed by atoms with E-state index in [9.17, 15) is 15.2 Å². The third kappa shape index (κ3) is 3.81. The van der Waals surface area contributed by atoms with Gasteiger partial charge in [-0.05, 0) is 31.5 Å². The van der Waals surface area contributed by atoms with E-state index < -0.39 is 11.6 Å². The van der Waals surface area contributed by atoms with Gasteiger partial charge in [0.2, 0.25) is 5.60 Å². The molecular weight excluding hydrogens is 318 g/mol. The van der Waals surface area contributed by atoms with Crippen LogP contribution >= 0.6 is 0 Å². The predicted molar refractivity (Wildman–Crippen MR) is 93.6 cm³/mol. The molecule has 0 saturated carbocycles. The van der Waals surface area contributed by atoms with Crippen molar-refractivity contribution in [2.24, 2.45) is 0 Å². The Morgan fingerprint density at radius 2 is 2.08 bits per heavy atom. The molecule has 0 aliphatic carbocycles. The summed E-state index contributed by atoms with van der Waals surface area (Å²) >= 11 is 0. The number of nitrogens with zero attached hydrogens (tertiary/aromatic N) is 1. The number of aryl methyl sites for hydroxylation is 1. The van der Waals surface area contributed by atoms with E-state index in [0.29, 0.717) is 17.9 Å². The number of carboxylic acid groups (broad SMARTS) is 1. The van der Waals surface area contributed by atoms with Crippen LogP contribution in [0.4, 0.5) is 0 Å². The van der Waals surface area contributed by atoms with Crippen LogP contribution in [0.2, 0.25) is 0 Å². The molecule has 5 heteroatoms. The topological polar surface area (TPSA) is 79.5 Å². The van der Waals surface area contributed by atoms with Gasteiger partial charge in [-0.15, -0.1) is 0 Å². The number of benzene rings is 2. The summed E-state index contributed by atoms with van der Waals surface area (Å²) in [5.74, 6) is -0.535. The third-order valence-corrected chi connectivity index (χ3v) is 3.82. The monoisotopic (exact) mass is 337 g/mol. The van der Waals surface area contributed by atoms with Gasteiger partial charge in [-0.3, -0.25) is 0 Å². The van der Waals surface area contributed by atoms with Crippen LogP contribution in [0.1, 0.15) is 23.6 Å². The van der Waals surface area contributed by atoms with Crippen molar-refractivity contribution in [3.05, 3.63) is 71.8 Å². The highest BCUT2D eigenvalue weighted by Crippen LogP contribution is 2.34. The van der Waals surface area contributed by atoms with Gasteiger partial charge in [-0.2, -0.15) is 5.26 Å². The molecule has 5 nitrogen and oxygen atoms in total. The number of ether oxygens (including phenoxy) is 2. The maximum atomic E-state index is 12.0. The lowest BCUT2D eigenvalue weighted by molar-refractivity contribution is -0.154. The van der Waals surface area contributed by atoms with E-state index in [2.05, 4.69) is 6.58 Å². The lowest BCUT2D eigenvalue weighted by Gasteiger charge is -2.28. The average Bonchev–Trinajstić information content (AvgIpc) is 2.60. The van der Waals surface area contributed by atoms with Gasteiger partial charge < -0.3 is 14.6 Å². The minimum Gasteiger partial charge on any atom is -0.489 e. The first-order chi connectivity index (χ1) is 11.9. The van der Waals surface area contributed by atoms with Gasteiger partial charge >= 0.3 is 5.97 Å². The van der Waals surface area contributed by atoms with E-state index in [1.807, 2.05) is 25.1 Å². The summed E-state index contributed by atoms with van der Waals surface area (Å²) in [4.78, 5) is 12.0.